The molecule has 0 radical (unpaired) electrons. The number of aryl methyl sites for hydroxylation is 1. The number of aliphatic imine (C=N–C) groups is 1. The van der Waals surface area contributed by atoms with E-state index in [0.29, 0.717) is 30.9 Å². The van der Waals surface area contributed by atoms with Crippen LogP contribution < -0.4 is 10.7 Å². The van der Waals surface area contributed by atoms with Crippen LogP contribution in [0.5, 0.6) is 0 Å². The highest BCUT2D eigenvalue weighted by Crippen LogP contribution is 2.34. The van der Waals surface area contributed by atoms with Crippen molar-refractivity contribution in [3.05, 3.63) is 29.3 Å². The topological polar surface area (TPSA) is 72.4 Å². The van der Waals surface area contributed by atoms with Gasteiger partial charge in [0, 0.05) is 36.0 Å². The van der Waals surface area contributed by atoms with Crippen molar-refractivity contribution < 1.29 is 9.47 Å². The van der Waals surface area contributed by atoms with Gasteiger partial charge in [0.15, 0.2) is 6.29 Å². The van der Waals surface area contributed by atoms with Crippen LogP contribution in [0.4, 0.5) is 5.69 Å². The van der Waals surface area contributed by atoms with Crippen molar-refractivity contribution in [3.8, 4) is 0 Å². The Morgan fingerprint density at radius 2 is 1.85 bits per heavy atom. The molecule has 0 atom stereocenters. The van der Waals surface area contributed by atoms with Crippen LogP contribution >= 0.6 is 0 Å². The molecule has 27 heavy (non-hydrogen) atoms. The first-order chi connectivity index (χ1) is 12.7. The van der Waals surface area contributed by atoms with E-state index in [2.05, 4.69) is 67.8 Å². The second-order valence-electron chi connectivity index (χ2n) is 9.24. The number of hydrogen-bond donors (Lipinski definition) is 1. The molecule has 0 bridgehead atoms. The lowest BCUT2D eigenvalue weighted by Crippen LogP contribution is -2.53. The number of benzene rings is 1. The Morgan fingerprint density at radius 1 is 1.19 bits per heavy atom. The third kappa shape index (κ3) is 4.87. The minimum absolute atomic E-state index is 0.0641. The lowest BCUT2D eigenvalue weighted by molar-refractivity contribution is -0.215. The van der Waals surface area contributed by atoms with Gasteiger partial charge < -0.3 is 20.2 Å². The number of rotatable bonds is 5. The third-order valence-corrected chi connectivity index (χ3v) is 5.02. The van der Waals surface area contributed by atoms with Crippen molar-refractivity contribution in [2.75, 3.05) is 37.7 Å². The fourth-order valence-corrected chi connectivity index (χ4v) is 3.53. The molecule has 1 aromatic carbocycles. The summed E-state index contributed by atoms with van der Waals surface area (Å²) in [5, 5.41) is 3.93. The van der Waals surface area contributed by atoms with Crippen LogP contribution in [0.15, 0.2) is 28.3 Å². The summed E-state index contributed by atoms with van der Waals surface area (Å²) in [6, 6.07) is 6.40. The number of ether oxygens (including phenoxy) is 2. The minimum Gasteiger partial charge on any atom is -0.370 e. The summed E-state index contributed by atoms with van der Waals surface area (Å²) in [5.41, 5.74) is 4.52. The molecular formula is C21H32N4O2. The Morgan fingerprint density at radius 3 is 2.41 bits per heavy atom. The van der Waals surface area contributed by atoms with Gasteiger partial charge in [-0.3, -0.25) is 4.99 Å². The normalized spacial score (nSPS) is 22.9. The molecule has 0 unspecified atom stereocenters. The first-order valence-corrected chi connectivity index (χ1v) is 9.56. The van der Waals surface area contributed by atoms with Gasteiger partial charge in [0.25, 0.3) is 0 Å². The second-order valence-corrected chi connectivity index (χ2v) is 9.24. The summed E-state index contributed by atoms with van der Waals surface area (Å²) >= 11 is 0. The third-order valence-electron chi connectivity index (χ3n) is 5.02. The maximum atomic E-state index is 5.70. The largest absolute Gasteiger partial charge is 0.370 e. The van der Waals surface area contributed by atoms with Gasteiger partial charge in [0.05, 0.1) is 19.8 Å². The number of nitrogens with zero attached hydrogens (tertiary/aromatic N) is 3. The quantitative estimate of drug-likeness (QED) is 0.490. The summed E-state index contributed by atoms with van der Waals surface area (Å²) in [6.45, 7) is 14.9. The van der Waals surface area contributed by atoms with Gasteiger partial charge >= 0.3 is 0 Å². The molecule has 148 valence electrons. The Kier molecular flexibility index (Phi) is 5.58. The Bertz CT molecular complexity index is 722. The summed E-state index contributed by atoms with van der Waals surface area (Å²) in [5.74, 6) is 5.62. The van der Waals surface area contributed by atoms with Crippen LogP contribution in [-0.4, -0.2) is 51.1 Å². The van der Waals surface area contributed by atoms with E-state index >= 15 is 0 Å². The number of anilines is 1. The first kappa shape index (κ1) is 19.8. The van der Waals surface area contributed by atoms with Gasteiger partial charge in [-0.1, -0.05) is 33.8 Å². The molecule has 2 saturated heterocycles. The van der Waals surface area contributed by atoms with Gasteiger partial charge in [-0.15, -0.1) is 0 Å². The average Bonchev–Trinajstić information content (AvgIpc) is 2.58. The maximum absolute atomic E-state index is 5.70. The fraction of sp³-hybridized carbons (Fsp3) is 0.619. The van der Waals surface area contributed by atoms with Crippen LogP contribution in [0.2, 0.25) is 0 Å². The van der Waals surface area contributed by atoms with Crippen molar-refractivity contribution in [1.82, 2.24) is 0 Å². The van der Waals surface area contributed by atoms with E-state index in [1.807, 2.05) is 0 Å². The highest BCUT2D eigenvalue weighted by molar-refractivity contribution is 6.38. The lowest BCUT2D eigenvalue weighted by Gasteiger charge is -2.47. The SMILES string of the molecule is Cc1cc(N2CC(C)(C)C2)ccc1/C(C=NCC1OCC(C)(C)CO1)=N/N. The van der Waals surface area contributed by atoms with Crippen molar-refractivity contribution in [2.24, 2.45) is 26.8 Å². The van der Waals surface area contributed by atoms with Gasteiger partial charge in [-0.05, 0) is 30.0 Å². The predicted molar refractivity (Wildman–Crippen MR) is 111 cm³/mol. The molecule has 6 nitrogen and oxygen atoms in total. The molecule has 6 heteroatoms. The zero-order chi connectivity index (χ0) is 19.7. The first-order valence-electron chi connectivity index (χ1n) is 9.56. The predicted octanol–water partition coefficient (Wildman–Crippen LogP) is 2.97. The standard InChI is InChI=1S/C21H32N4O2/c1-15-8-16(25-11-20(2,3)12-25)6-7-17(15)18(24-22)9-23-10-19-26-13-21(4,5)14-27-19/h6-9,19H,10-14,22H2,1-5H3/b23-9?,24-18+. The van der Waals surface area contributed by atoms with Gasteiger partial charge in [0.2, 0.25) is 0 Å². The Labute approximate surface area is 162 Å². The van der Waals surface area contributed by atoms with Crippen LogP contribution in [-0.2, 0) is 9.47 Å². The number of hydrogen-bond acceptors (Lipinski definition) is 6. The Balaban J connectivity index is 1.60. The van der Waals surface area contributed by atoms with E-state index in [-0.39, 0.29) is 11.7 Å². The van der Waals surface area contributed by atoms with E-state index < -0.39 is 0 Å². The van der Waals surface area contributed by atoms with Crippen LogP contribution in [0, 0.1) is 17.8 Å². The van der Waals surface area contributed by atoms with Gasteiger partial charge in [-0.2, -0.15) is 5.10 Å². The van der Waals surface area contributed by atoms with Crippen LogP contribution in [0.25, 0.3) is 0 Å². The van der Waals surface area contributed by atoms with E-state index in [4.69, 9.17) is 15.3 Å². The monoisotopic (exact) mass is 372 g/mol. The van der Waals surface area contributed by atoms with Crippen LogP contribution in [0.1, 0.15) is 38.8 Å². The van der Waals surface area contributed by atoms with Gasteiger partial charge in [0.1, 0.15) is 5.71 Å². The lowest BCUT2D eigenvalue weighted by atomic mass is 9.84. The highest BCUT2D eigenvalue weighted by atomic mass is 16.7. The molecular weight excluding hydrogens is 340 g/mol. The maximum Gasteiger partial charge on any atom is 0.176 e. The molecule has 0 spiro atoms. The average molecular weight is 373 g/mol. The fourth-order valence-electron chi connectivity index (χ4n) is 3.53. The molecule has 0 aliphatic carbocycles. The van der Waals surface area contributed by atoms with E-state index in [9.17, 15) is 0 Å². The summed E-state index contributed by atoms with van der Waals surface area (Å²) in [7, 11) is 0. The van der Waals surface area contributed by atoms with Crippen molar-refractivity contribution in [2.45, 2.75) is 40.9 Å². The molecule has 3 rings (SSSR count). The van der Waals surface area contributed by atoms with E-state index in [1.165, 1.54) is 5.69 Å². The van der Waals surface area contributed by atoms with Crippen molar-refractivity contribution in [3.63, 3.8) is 0 Å². The summed E-state index contributed by atoms with van der Waals surface area (Å²) in [6.07, 6.45) is 1.41. The van der Waals surface area contributed by atoms with Crippen molar-refractivity contribution >= 4 is 17.6 Å². The number of nitrogens with two attached hydrogens (primary N) is 1. The summed E-state index contributed by atoms with van der Waals surface area (Å²) in [4.78, 5) is 6.83. The molecule has 0 saturated carbocycles. The highest BCUT2D eigenvalue weighted by Gasteiger charge is 2.34. The summed E-state index contributed by atoms with van der Waals surface area (Å²) < 4.78 is 11.4. The smallest absolute Gasteiger partial charge is 0.176 e. The molecule has 1 aromatic rings. The zero-order valence-corrected chi connectivity index (χ0v) is 17.2. The molecule has 0 aromatic heterocycles. The molecule has 2 fully saturated rings. The second kappa shape index (κ2) is 7.60. The molecule has 2 aliphatic heterocycles. The Hall–Kier alpha value is -1.92. The molecule has 2 heterocycles. The minimum atomic E-state index is -0.299. The van der Waals surface area contributed by atoms with Crippen LogP contribution in [0.3, 0.4) is 0 Å². The van der Waals surface area contributed by atoms with Crippen molar-refractivity contribution in [1.29, 1.82) is 0 Å². The number of hydrazone groups is 1. The van der Waals surface area contributed by atoms with E-state index in [1.54, 1.807) is 6.21 Å². The zero-order valence-electron chi connectivity index (χ0n) is 17.2. The molecule has 2 aliphatic rings. The van der Waals surface area contributed by atoms with E-state index in [0.717, 1.165) is 24.2 Å². The molecule has 0 amide bonds. The molecule has 2 N–H and O–H groups in total. The van der Waals surface area contributed by atoms with Gasteiger partial charge in [-0.25, -0.2) is 0 Å².